The molecule has 8 nitrogen and oxygen atoms in total. The van der Waals surface area contributed by atoms with Gasteiger partial charge in [-0.1, -0.05) is 0 Å². The van der Waals surface area contributed by atoms with E-state index < -0.39 is 19.4 Å². The summed E-state index contributed by atoms with van der Waals surface area (Å²) in [6.45, 7) is 0. The van der Waals surface area contributed by atoms with Crippen LogP contribution in [0.25, 0.3) is 0 Å². The average Bonchev–Trinajstić information content (AvgIpc) is 1.12. The maximum absolute atomic E-state index is 8.74. The third kappa shape index (κ3) is 175. The number of hydrogen-bond acceptors (Lipinski definition) is 6. The summed E-state index contributed by atoms with van der Waals surface area (Å²) in [5.74, 6) is 0. The van der Waals surface area contributed by atoms with Gasteiger partial charge in [0, 0.05) is 0 Å². The minimum atomic E-state index is -4.67. The summed E-state index contributed by atoms with van der Waals surface area (Å²) in [5.41, 5.74) is 0. The molecular weight excluding hydrogens is 348 g/mol. The minimum absolute atomic E-state index is 0. The van der Waals surface area contributed by atoms with E-state index in [9.17, 15) is 0 Å². The maximum Gasteiger partial charge on any atom is 2.00 e. The van der Waals surface area contributed by atoms with E-state index in [0.717, 1.165) is 0 Å². The van der Waals surface area contributed by atoms with E-state index in [-0.39, 0.29) is 162 Å². The molecule has 14 heteroatoms. The molecule has 0 atom stereocenters. The molecule has 6 N–H and O–H groups in total. The van der Waals surface area contributed by atoms with E-state index in [1.807, 2.05) is 0 Å². The fourth-order valence-corrected chi connectivity index (χ4v) is 0. The van der Waals surface area contributed by atoms with Gasteiger partial charge in [0.15, 0.2) is 0 Å². The normalized spacial score (nSPS) is 8.43. The molecule has 0 unspecified atom stereocenters. The van der Waals surface area contributed by atoms with Gasteiger partial charge in [-0.3, -0.25) is 9.11 Å². The van der Waals surface area contributed by atoms with Crippen LogP contribution in [0.1, 0.15) is 11.4 Å². The van der Waals surface area contributed by atoms with E-state index >= 15 is 0 Å². The molecule has 80 valence electrons. The molecule has 0 aliphatic rings. The number of hydrogen-bond donors (Lipinski definition) is 6. The van der Waals surface area contributed by atoms with E-state index in [2.05, 4.69) is 0 Å². The molecule has 0 aliphatic heterocycles. The van der Waals surface area contributed by atoms with Crippen molar-refractivity contribution in [1.82, 2.24) is 0 Å². The summed E-state index contributed by atoms with van der Waals surface area (Å²) in [6.07, 6.45) is 0. The molecule has 0 aromatic carbocycles. The van der Waals surface area contributed by atoms with Crippen molar-refractivity contribution in [1.29, 1.82) is 0 Å². The predicted molar refractivity (Wildman–Crippen MR) is 60.7 cm³/mol. The third-order valence-corrected chi connectivity index (χ3v) is 0. The standard InChI is InChI=1S/4Ca.H2O4S.H4O4Si.8H/c;;;;2*1-5(2,3)4;;;;;;;;/h;;;;(H2,1,2,3,4);1-4H;;;;;;;;/q4*+2;;;8*-1. The first-order valence-corrected chi connectivity index (χ1v) is 4.78. The summed E-state index contributed by atoms with van der Waals surface area (Å²) in [5, 5.41) is 0. The summed E-state index contributed by atoms with van der Waals surface area (Å²) >= 11 is 0. The van der Waals surface area contributed by atoms with Crippen molar-refractivity contribution in [3.8, 4) is 0 Å². The Labute approximate surface area is 213 Å². The Balaban J connectivity index is -0.00000000314. The van der Waals surface area contributed by atoms with Gasteiger partial charge < -0.3 is 30.6 Å². The zero-order valence-corrected chi connectivity index (χ0v) is 17.9. The van der Waals surface area contributed by atoms with Crippen LogP contribution >= 0.6 is 0 Å². The molecule has 0 aliphatic carbocycles. The first-order valence-electron chi connectivity index (χ1n) is 1.59. The topological polar surface area (TPSA) is 156 Å². The van der Waals surface area contributed by atoms with Gasteiger partial charge in [0.2, 0.25) is 0 Å². The molecule has 0 saturated heterocycles. The van der Waals surface area contributed by atoms with Crippen LogP contribution in [-0.2, 0) is 10.4 Å². The maximum atomic E-state index is 8.74. The molecule has 0 aromatic heterocycles. The summed E-state index contributed by atoms with van der Waals surface area (Å²) in [7, 11) is -9.28. The van der Waals surface area contributed by atoms with Gasteiger partial charge in [-0.25, -0.2) is 0 Å². The monoisotopic (exact) mass is 362 g/mol. The molecule has 0 bridgehead atoms. The first-order chi connectivity index (χ1) is 4.00. The van der Waals surface area contributed by atoms with Gasteiger partial charge >= 0.3 is 170 Å². The van der Waals surface area contributed by atoms with Crippen LogP contribution in [0, 0.1) is 0 Å². The largest absolute Gasteiger partial charge is 2.00 e. The van der Waals surface area contributed by atoms with Gasteiger partial charge in [0.05, 0.1) is 0 Å². The molecule has 0 radical (unpaired) electrons. The van der Waals surface area contributed by atoms with Gasteiger partial charge in [-0.05, 0) is 0 Å². The van der Waals surface area contributed by atoms with Crippen molar-refractivity contribution in [2.45, 2.75) is 0 Å². The molecule has 14 heavy (non-hydrogen) atoms. The van der Waals surface area contributed by atoms with Crippen LogP contribution < -0.4 is 0 Å². The summed E-state index contributed by atoms with van der Waals surface area (Å²) < 4.78 is 31.6. The van der Waals surface area contributed by atoms with Crippen LogP contribution in [-0.4, -0.2) is 197 Å². The fraction of sp³-hybridized carbons (Fsp3) is 0. The molecule has 0 spiro atoms. The van der Waals surface area contributed by atoms with Gasteiger partial charge in [-0.2, -0.15) is 8.42 Å². The van der Waals surface area contributed by atoms with Crippen molar-refractivity contribution in [2.24, 2.45) is 0 Å². The second kappa shape index (κ2) is 18.0. The van der Waals surface area contributed by atoms with Crippen LogP contribution in [0.2, 0.25) is 0 Å². The van der Waals surface area contributed by atoms with E-state index in [4.69, 9.17) is 36.7 Å². The van der Waals surface area contributed by atoms with E-state index in [1.54, 1.807) is 0 Å². The number of rotatable bonds is 0. The minimum Gasteiger partial charge on any atom is -1.00 e. The van der Waals surface area contributed by atoms with Crippen LogP contribution in [0.15, 0.2) is 0 Å². The Hall–Kier alpha value is 4.97. The second-order valence-corrected chi connectivity index (χ2v) is 3.14. The van der Waals surface area contributed by atoms with Gasteiger partial charge in [0.1, 0.15) is 0 Å². The van der Waals surface area contributed by atoms with Crippen molar-refractivity contribution in [2.75, 3.05) is 0 Å². The Morgan fingerprint density at radius 2 is 0.786 bits per heavy atom. The van der Waals surface area contributed by atoms with Gasteiger partial charge in [-0.15, -0.1) is 0 Å². The SMILES string of the molecule is O=S(=O)(O)O.O[Si](O)(O)O.[Ca+2].[Ca+2].[Ca+2].[Ca+2].[H-].[H-].[H-].[H-].[H-].[H-].[H-].[H-]. The Bertz CT molecular complexity index is 177. The molecular formula is H14Ca4O8SSi. The van der Waals surface area contributed by atoms with Crippen LogP contribution in [0.5, 0.6) is 0 Å². The Morgan fingerprint density at radius 1 is 0.786 bits per heavy atom. The second-order valence-electron chi connectivity index (χ2n) is 1.05. The molecule has 0 fully saturated rings. The third-order valence-electron chi connectivity index (χ3n) is 0. The van der Waals surface area contributed by atoms with Gasteiger partial charge in [0.25, 0.3) is 0 Å². The molecule has 0 heterocycles. The summed E-state index contributed by atoms with van der Waals surface area (Å²) in [4.78, 5) is 29.3. The fourth-order valence-electron chi connectivity index (χ4n) is 0. The quantitative estimate of drug-likeness (QED) is 0.189. The Morgan fingerprint density at radius 3 is 0.786 bits per heavy atom. The van der Waals surface area contributed by atoms with Crippen molar-refractivity contribution in [3.63, 3.8) is 0 Å². The average molecular weight is 363 g/mol. The first kappa shape index (κ1) is 36.4. The molecule has 0 rings (SSSR count). The zero-order chi connectivity index (χ0) is 9.00. The van der Waals surface area contributed by atoms with Crippen molar-refractivity contribution in [3.05, 3.63) is 0 Å². The molecule has 0 aromatic rings. The molecule has 0 amide bonds. The van der Waals surface area contributed by atoms with E-state index in [1.165, 1.54) is 0 Å². The predicted octanol–water partition coefficient (Wildman–Crippen LogP) is -3.88. The smallest absolute Gasteiger partial charge is 1.00 e. The van der Waals surface area contributed by atoms with Crippen LogP contribution in [0.3, 0.4) is 0 Å². The van der Waals surface area contributed by atoms with Crippen LogP contribution in [0.4, 0.5) is 0 Å². The van der Waals surface area contributed by atoms with Crippen molar-refractivity contribution < 1.29 is 48.1 Å². The van der Waals surface area contributed by atoms with E-state index in [0.29, 0.717) is 0 Å². The summed E-state index contributed by atoms with van der Waals surface area (Å²) in [6, 6.07) is 0. The molecule has 0 saturated carbocycles. The van der Waals surface area contributed by atoms with Crippen molar-refractivity contribution >= 4 is 170 Å². The Kier molecular flexibility index (Phi) is 46.7. The zero-order valence-electron chi connectivity index (χ0n) is 15.2.